The molecule has 5 rings (SSSR count). The molecule has 1 aromatic heterocycles. The van der Waals surface area contributed by atoms with Gasteiger partial charge in [0.1, 0.15) is 0 Å². The zero-order valence-electron chi connectivity index (χ0n) is 17.5. The summed E-state index contributed by atoms with van der Waals surface area (Å²) in [5, 5.41) is 21.2. The molecule has 1 heterocycles. The average Bonchev–Trinajstić information content (AvgIpc) is 3.42. The number of aliphatic hydroxyl groups excluding tert-OH is 2. The third-order valence-electron chi connectivity index (χ3n) is 6.79. The molecule has 0 aliphatic heterocycles. The molecule has 2 aliphatic rings. The number of para-hydroxylation sites is 1. The molecule has 3 aromatic rings. The van der Waals surface area contributed by atoms with Crippen molar-refractivity contribution in [2.45, 2.75) is 51.7 Å². The molecular weight excluding hydrogens is 571 g/mol. The molecule has 2 aliphatic carbocycles. The van der Waals surface area contributed by atoms with Crippen molar-refractivity contribution in [2.24, 2.45) is 23.7 Å². The normalized spacial score (nSPS) is 29.7. The van der Waals surface area contributed by atoms with Crippen LogP contribution in [-0.2, 0) is 20.1 Å². The van der Waals surface area contributed by atoms with Crippen LogP contribution in [0.25, 0.3) is 20.8 Å². The number of hydrogen-bond acceptors (Lipinski definition) is 4. The Bertz CT molecular complexity index is 878. The second-order valence-corrected chi connectivity index (χ2v) is 9.42. The second-order valence-electron chi connectivity index (χ2n) is 8.39. The molecule has 0 spiro atoms. The molecule has 5 heteroatoms. The van der Waals surface area contributed by atoms with Crippen LogP contribution in [0.2, 0.25) is 0 Å². The van der Waals surface area contributed by atoms with Crippen molar-refractivity contribution in [2.75, 3.05) is 0 Å². The summed E-state index contributed by atoms with van der Waals surface area (Å²) in [6, 6.07) is 19.3. The number of thiazole rings is 1. The number of aliphatic hydroxyl groups is 2. The van der Waals surface area contributed by atoms with Crippen molar-refractivity contribution >= 4 is 21.6 Å². The van der Waals surface area contributed by atoms with Gasteiger partial charge < -0.3 is 10.2 Å². The molecule has 3 nitrogen and oxygen atoms in total. The minimum absolute atomic E-state index is 0. The molecule has 0 amide bonds. The van der Waals surface area contributed by atoms with Gasteiger partial charge >= 0.3 is 0 Å². The topological polar surface area (TPSA) is 53.4 Å². The van der Waals surface area contributed by atoms with Gasteiger partial charge in [-0.25, -0.2) is 0 Å². The smallest absolute Gasteiger partial charge is 0.0697 e. The molecule has 2 aromatic carbocycles. The van der Waals surface area contributed by atoms with Crippen LogP contribution in [0.1, 0.15) is 39.5 Å². The zero-order chi connectivity index (χ0) is 20.4. The van der Waals surface area contributed by atoms with Crippen molar-refractivity contribution in [3.8, 4) is 10.6 Å². The third-order valence-corrected chi connectivity index (χ3v) is 7.86. The van der Waals surface area contributed by atoms with Crippen LogP contribution in [0.5, 0.6) is 0 Å². The first kappa shape index (κ1) is 23.6. The quantitative estimate of drug-likeness (QED) is 0.387. The molecule has 30 heavy (non-hydrogen) atoms. The SMILES string of the molecule is CC[C@@H]1CC2C[C@H](CC)C(O)C2C1O.[Ir].[c-]1ccccc1-c1nc2ccccc2s1. The van der Waals surface area contributed by atoms with Crippen molar-refractivity contribution < 1.29 is 30.3 Å². The molecular formula is C25H30IrNO2S-. The molecule has 2 fully saturated rings. The van der Waals surface area contributed by atoms with E-state index in [1.54, 1.807) is 11.3 Å². The van der Waals surface area contributed by atoms with E-state index < -0.39 is 0 Å². The van der Waals surface area contributed by atoms with Crippen LogP contribution >= 0.6 is 11.3 Å². The van der Waals surface area contributed by atoms with E-state index in [0.29, 0.717) is 17.8 Å². The van der Waals surface area contributed by atoms with E-state index >= 15 is 0 Å². The van der Waals surface area contributed by atoms with Gasteiger partial charge in [0.2, 0.25) is 0 Å². The van der Waals surface area contributed by atoms with Crippen molar-refractivity contribution in [3.05, 3.63) is 54.6 Å². The van der Waals surface area contributed by atoms with Gasteiger partial charge in [0.15, 0.2) is 0 Å². The van der Waals surface area contributed by atoms with Crippen LogP contribution in [0.15, 0.2) is 48.5 Å². The summed E-state index contributed by atoms with van der Waals surface area (Å²) >= 11 is 1.71. The molecule has 4 unspecified atom stereocenters. The van der Waals surface area contributed by atoms with Crippen molar-refractivity contribution in [3.63, 3.8) is 0 Å². The maximum absolute atomic E-state index is 10.1. The number of rotatable bonds is 3. The fraction of sp³-hybridized carbons (Fsp3) is 0.480. The number of hydrogen-bond donors (Lipinski definition) is 2. The Morgan fingerprint density at radius 1 is 0.967 bits per heavy atom. The fourth-order valence-electron chi connectivity index (χ4n) is 5.19. The fourth-order valence-corrected chi connectivity index (χ4v) is 6.14. The molecule has 6 atom stereocenters. The Labute approximate surface area is 196 Å². The summed E-state index contributed by atoms with van der Waals surface area (Å²) < 4.78 is 1.23. The first-order valence-corrected chi connectivity index (χ1v) is 11.6. The standard InChI is InChI=1S/C13H8NS.C12H22O2.Ir/c1-2-6-10(7-3-1)13-14-11-8-4-5-9-12(11)15-13;1-3-7-5-9-6-8(4-2)12(14)10(9)11(7)13;/h1-6,8-9H;7-14H,3-6H2,1-2H3;/q-1;;/t;7-,8+,9?,10?,11?,12?;. The van der Waals surface area contributed by atoms with E-state index in [-0.39, 0.29) is 38.2 Å². The summed E-state index contributed by atoms with van der Waals surface area (Å²) in [6.07, 6.45) is 3.90. The van der Waals surface area contributed by atoms with Gasteiger partial charge in [0, 0.05) is 35.7 Å². The molecule has 1 radical (unpaired) electrons. The van der Waals surface area contributed by atoms with Gasteiger partial charge in [-0.15, -0.1) is 35.9 Å². The van der Waals surface area contributed by atoms with Crippen molar-refractivity contribution in [1.82, 2.24) is 4.98 Å². The molecule has 0 saturated heterocycles. The number of nitrogens with zero attached hydrogens (tertiary/aromatic N) is 1. The van der Waals surface area contributed by atoms with E-state index in [2.05, 4.69) is 31.0 Å². The Morgan fingerprint density at radius 2 is 1.60 bits per heavy atom. The molecule has 2 N–H and O–H groups in total. The summed E-state index contributed by atoms with van der Waals surface area (Å²) in [5.41, 5.74) is 2.13. The minimum Gasteiger partial charge on any atom is -0.392 e. The molecule has 163 valence electrons. The van der Waals surface area contributed by atoms with Crippen LogP contribution in [0, 0.1) is 29.7 Å². The zero-order valence-corrected chi connectivity index (χ0v) is 20.7. The first-order chi connectivity index (χ1) is 14.1. The van der Waals surface area contributed by atoms with Gasteiger partial charge in [-0.3, -0.25) is 4.98 Å². The largest absolute Gasteiger partial charge is 0.392 e. The Balaban J connectivity index is 0.000000166. The van der Waals surface area contributed by atoms with E-state index in [4.69, 9.17) is 0 Å². The summed E-state index contributed by atoms with van der Waals surface area (Å²) in [5.74, 6) is 1.66. The van der Waals surface area contributed by atoms with E-state index in [9.17, 15) is 10.2 Å². The monoisotopic (exact) mass is 601 g/mol. The van der Waals surface area contributed by atoms with E-state index in [1.807, 2.05) is 42.5 Å². The van der Waals surface area contributed by atoms with Crippen LogP contribution in [0.4, 0.5) is 0 Å². The molecule has 0 bridgehead atoms. The van der Waals surface area contributed by atoms with Gasteiger partial charge in [-0.2, -0.15) is 11.3 Å². The summed E-state index contributed by atoms with van der Waals surface area (Å²) in [7, 11) is 0. The number of fused-ring (bicyclic) bond motifs is 2. The second kappa shape index (κ2) is 10.5. The van der Waals surface area contributed by atoms with Crippen molar-refractivity contribution in [1.29, 1.82) is 0 Å². The van der Waals surface area contributed by atoms with Crippen LogP contribution < -0.4 is 0 Å². The first-order valence-electron chi connectivity index (χ1n) is 10.8. The van der Waals surface area contributed by atoms with Gasteiger partial charge in [0.05, 0.1) is 17.7 Å². The summed E-state index contributed by atoms with van der Waals surface area (Å²) in [4.78, 5) is 4.57. The van der Waals surface area contributed by atoms with Gasteiger partial charge in [-0.1, -0.05) is 38.8 Å². The van der Waals surface area contributed by atoms with Crippen LogP contribution in [0.3, 0.4) is 0 Å². The summed E-state index contributed by atoms with van der Waals surface area (Å²) in [6.45, 7) is 4.28. The minimum atomic E-state index is -0.239. The Morgan fingerprint density at radius 3 is 2.13 bits per heavy atom. The van der Waals surface area contributed by atoms with Gasteiger partial charge in [-0.05, 0) is 42.7 Å². The van der Waals surface area contributed by atoms with Crippen LogP contribution in [-0.4, -0.2) is 27.4 Å². The molecule has 2 saturated carbocycles. The predicted octanol–water partition coefficient (Wildman–Crippen LogP) is 5.56. The number of benzene rings is 2. The number of aromatic nitrogens is 1. The van der Waals surface area contributed by atoms with Gasteiger partial charge in [0.25, 0.3) is 0 Å². The Kier molecular flexibility index (Phi) is 8.23. The Hall–Kier alpha value is -1.10. The predicted molar refractivity (Wildman–Crippen MR) is 120 cm³/mol. The maximum Gasteiger partial charge on any atom is 0.0697 e. The van der Waals surface area contributed by atoms with E-state index in [1.165, 1.54) is 4.70 Å². The van der Waals surface area contributed by atoms with E-state index in [0.717, 1.165) is 41.8 Å². The third kappa shape index (κ3) is 4.71. The average molecular weight is 601 g/mol. The maximum atomic E-state index is 10.1.